The Morgan fingerprint density at radius 2 is 1.50 bits per heavy atom. The molecule has 0 aliphatic carbocycles. The number of carbonyl (C=O) groups excluding carboxylic acids is 1. The van der Waals surface area contributed by atoms with E-state index in [0.717, 1.165) is 5.69 Å². The summed E-state index contributed by atoms with van der Waals surface area (Å²) in [6, 6.07) is 23.0. The lowest BCUT2D eigenvalue weighted by atomic mass is 10.2. The SMILES string of the molecule is O=C(CN(Cc1cccc(Cl)c1)S(=O)(=O)c1ccc(Cl)cc1)N1CCN(c2ccccc2)CC1. The van der Waals surface area contributed by atoms with Gasteiger partial charge in [0.25, 0.3) is 0 Å². The zero-order valence-corrected chi connectivity index (χ0v) is 20.8. The van der Waals surface area contributed by atoms with Gasteiger partial charge in [-0.3, -0.25) is 4.79 Å². The summed E-state index contributed by atoms with van der Waals surface area (Å²) in [4.78, 5) is 17.2. The Morgan fingerprint density at radius 3 is 2.15 bits per heavy atom. The zero-order valence-electron chi connectivity index (χ0n) is 18.5. The molecule has 1 aliphatic heterocycles. The number of hydrogen-bond donors (Lipinski definition) is 0. The molecule has 0 radical (unpaired) electrons. The van der Waals surface area contributed by atoms with E-state index in [2.05, 4.69) is 4.90 Å². The summed E-state index contributed by atoms with van der Waals surface area (Å²) in [6.07, 6.45) is 0. The third kappa shape index (κ3) is 5.91. The van der Waals surface area contributed by atoms with Gasteiger partial charge in [-0.2, -0.15) is 4.31 Å². The topological polar surface area (TPSA) is 60.9 Å². The average molecular weight is 518 g/mol. The molecule has 1 fully saturated rings. The predicted octanol–water partition coefficient (Wildman–Crippen LogP) is 4.53. The van der Waals surface area contributed by atoms with Gasteiger partial charge in [0, 0.05) is 48.5 Å². The fraction of sp³-hybridized carbons (Fsp3) is 0.240. The molecule has 1 aliphatic rings. The molecule has 0 unspecified atom stereocenters. The molecule has 1 heterocycles. The van der Waals surface area contributed by atoms with E-state index < -0.39 is 10.0 Å². The molecule has 0 aromatic heterocycles. The first-order chi connectivity index (χ1) is 16.3. The van der Waals surface area contributed by atoms with Crippen LogP contribution in [-0.2, 0) is 21.4 Å². The van der Waals surface area contributed by atoms with Crippen LogP contribution >= 0.6 is 23.2 Å². The Hall–Kier alpha value is -2.58. The van der Waals surface area contributed by atoms with Crippen molar-refractivity contribution in [3.63, 3.8) is 0 Å². The second-order valence-corrected chi connectivity index (χ2v) is 10.9. The fourth-order valence-corrected chi connectivity index (χ4v) is 5.64. The van der Waals surface area contributed by atoms with Gasteiger partial charge in [0.2, 0.25) is 15.9 Å². The number of carbonyl (C=O) groups is 1. The fourth-order valence-electron chi connectivity index (χ4n) is 3.92. The molecular weight excluding hydrogens is 493 g/mol. The zero-order chi connectivity index (χ0) is 24.1. The summed E-state index contributed by atoms with van der Waals surface area (Å²) in [5.41, 5.74) is 1.81. The summed E-state index contributed by atoms with van der Waals surface area (Å²) in [5.74, 6) is -0.229. The monoisotopic (exact) mass is 517 g/mol. The molecule has 0 bridgehead atoms. The molecule has 9 heteroatoms. The van der Waals surface area contributed by atoms with Crippen LogP contribution in [0.15, 0.2) is 83.8 Å². The lowest BCUT2D eigenvalue weighted by Gasteiger charge is -2.37. The number of sulfonamides is 1. The quantitative estimate of drug-likeness (QED) is 0.461. The third-order valence-electron chi connectivity index (χ3n) is 5.76. The Morgan fingerprint density at radius 1 is 0.824 bits per heavy atom. The van der Waals surface area contributed by atoms with Crippen LogP contribution in [-0.4, -0.2) is 56.3 Å². The van der Waals surface area contributed by atoms with Crippen LogP contribution in [0.2, 0.25) is 10.0 Å². The number of rotatable bonds is 7. The molecule has 4 rings (SSSR count). The Kier molecular flexibility index (Phi) is 7.78. The van der Waals surface area contributed by atoms with Crippen molar-refractivity contribution < 1.29 is 13.2 Å². The summed E-state index contributed by atoms with van der Waals surface area (Å²) in [6.45, 7) is 2.20. The molecule has 0 spiro atoms. The van der Waals surface area contributed by atoms with Crippen molar-refractivity contribution in [2.75, 3.05) is 37.6 Å². The van der Waals surface area contributed by atoms with Crippen LogP contribution < -0.4 is 4.90 Å². The van der Waals surface area contributed by atoms with Crippen LogP contribution in [0.1, 0.15) is 5.56 Å². The molecule has 34 heavy (non-hydrogen) atoms. The first kappa shape index (κ1) is 24.5. The van der Waals surface area contributed by atoms with Crippen LogP contribution in [0.5, 0.6) is 0 Å². The highest BCUT2D eigenvalue weighted by atomic mass is 35.5. The van der Waals surface area contributed by atoms with Crippen molar-refractivity contribution in [3.8, 4) is 0 Å². The van der Waals surface area contributed by atoms with E-state index in [1.807, 2.05) is 30.3 Å². The van der Waals surface area contributed by atoms with E-state index in [0.29, 0.717) is 41.8 Å². The van der Waals surface area contributed by atoms with Gasteiger partial charge in [-0.25, -0.2) is 8.42 Å². The van der Waals surface area contributed by atoms with E-state index in [-0.39, 0.29) is 23.9 Å². The van der Waals surface area contributed by atoms with Gasteiger partial charge in [0.05, 0.1) is 11.4 Å². The van der Waals surface area contributed by atoms with Crippen molar-refractivity contribution in [2.24, 2.45) is 0 Å². The minimum absolute atomic E-state index is 0.0290. The highest BCUT2D eigenvalue weighted by Crippen LogP contribution is 2.22. The first-order valence-electron chi connectivity index (χ1n) is 10.9. The molecule has 6 nitrogen and oxygen atoms in total. The highest BCUT2D eigenvalue weighted by molar-refractivity contribution is 7.89. The maximum atomic E-state index is 13.5. The molecule has 1 amide bonds. The van der Waals surface area contributed by atoms with Crippen LogP contribution in [0.3, 0.4) is 0 Å². The minimum Gasteiger partial charge on any atom is -0.368 e. The number of anilines is 1. The summed E-state index contributed by atoms with van der Waals surface area (Å²) in [7, 11) is -3.94. The van der Waals surface area contributed by atoms with Crippen molar-refractivity contribution in [1.82, 2.24) is 9.21 Å². The molecule has 1 saturated heterocycles. The first-order valence-corrected chi connectivity index (χ1v) is 13.1. The number of halogens is 2. The van der Waals surface area contributed by atoms with Gasteiger partial charge in [-0.05, 0) is 54.1 Å². The van der Waals surface area contributed by atoms with Gasteiger partial charge in [0.15, 0.2) is 0 Å². The second kappa shape index (κ2) is 10.8. The molecule has 0 saturated carbocycles. The van der Waals surface area contributed by atoms with E-state index in [1.54, 1.807) is 29.2 Å². The normalized spacial score (nSPS) is 14.4. The third-order valence-corrected chi connectivity index (χ3v) is 8.06. The Balaban J connectivity index is 1.51. The Labute approximate surface area is 210 Å². The summed E-state index contributed by atoms with van der Waals surface area (Å²) in [5, 5.41) is 0.942. The maximum Gasteiger partial charge on any atom is 0.243 e. The van der Waals surface area contributed by atoms with Gasteiger partial charge in [0.1, 0.15) is 0 Å². The standard InChI is InChI=1S/C25H25Cl2N3O3S/c26-21-9-11-24(12-10-21)34(32,33)30(18-20-5-4-6-22(27)17-20)19-25(31)29-15-13-28(14-16-29)23-7-2-1-3-8-23/h1-12,17H,13-16,18-19H2. The average Bonchev–Trinajstić information content (AvgIpc) is 2.84. The summed E-state index contributed by atoms with van der Waals surface area (Å²) >= 11 is 12.0. The number of amides is 1. The van der Waals surface area contributed by atoms with Gasteiger partial charge >= 0.3 is 0 Å². The predicted molar refractivity (Wildman–Crippen MR) is 136 cm³/mol. The summed E-state index contributed by atoms with van der Waals surface area (Å²) < 4.78 is 28.1. The largest absolute Gasteiger partial charge is 0.368 e. The smallest absolute Gasteiger partial charge is 0.243 e. The molecule has 0 atom stereocenters. The number of para-hydroxylation sites is 1. The highest BCUT2D eigenvalue weighted by Gasteiger charge is 2.30. The minimum atomic E-state index is -3.94. The van der Waals surface area contributed by atoms with Gasteiger partial charge < -0.3 is 9.80 Å². The number of nitrogens with zero attached hydrogens (tertiary/aromatic N) is 3. The number of piperazine rings is 1. The van der Waals surface area contributed by atoms with Gasteiger partial charge in [-0.15, -0.1) is 0 Å². The second-order valence-electron chi connectivity index (χ2n) is 8.06. The molecular formula is C25H25Cl2N3O3S. The van der Waals surface area contributed by atoms with E-state index in [9.17, 15) is 13.2 Å². The molecule has 3 aromatic carbocycles. The van der Waals surface area contributed by atoms with E-state index in [1.165, 1.54) is 28.6 Å². The van der Waals surface area contributed by atoms with Crippen molar-refractivity contribution in [2.45, 2.75) is 11.4 Å². The molecule has 0 N–H and O–H groups in total. The van der Waals surface area contributed by atoms with E-state index >= 15 is 0 Å². The number of hydrogen-bond acceptors (Lipinski definition) is 4. The lowest BCUT2D eigenvalue weighted by Crippen LogP contribution is -2.51. The van der Waals surface area contributed by atoms with Crippen LogP contribution in [0, 0.1) is 0 Å². The van der Waals surface area contributed by atoms with Crippen molar-refractivity contribution in [1.29, 1.82) is 0 Å². The van der Waals surface area contributed by atoms with Crippen LogP contribution in [0.25, 0.3) is 0 Å². The molecule has 3 aromatic rings. The Bertz CT molecular complexity index is 1230. The van der Waals surface area contributed by atoms with Crippen molar-refractivity contribution >= 4 is 44.8 Å². The number of benzene rings is 3. The maximum absolute atomic E-state index is 13.5. The lowest BCUT2D eigenvalue weighted by molar-refractivity contribution is -0.131. The van der Waals surface area contributed by atoms with Crippen LogP contribution in [0.4, 0.5) is 5.69 Å². The van der Waals surface area contributed by atoms with E-state index in [4.69, 9.17) is 23.2 Å². The van der Waals surface area contributed by atoms with Crippen molar-refractivity contribution in [3.05, 3.63) is 94.5 Å². The molecule has 178 valence electrons. The van der Waals surface area contributed by atoms with Gasteiger partial charge in [-0.1, -0.05) is 53.5 Å².